The lowest BCUT2D eigenvalue weighted by Gasteiger charge is -2.30. The van der Waals surface area contributed by atoms with Gasteiger partial charge in [0.15, 0.2) is 0 Å². The molecule has 0 atom stereocenters. The van der Waals surface area contributed by atoms with Crippen LogP contribution in [0.3, 0.4) is 0 Å². The molecule has 1 aliphatic rings. The van der Waals surface area contributed by atoms with E-state index >= 15 is 0 Å². The normalized spacial score (nSPS) is 16.2. The van der Waals surface area contributed by atoms with Crippen LogP contribution in [0.2, 0.25) is 0 Å². The van der Waals surface area contributed by atoms with Crippen LogP contribution in [0.4, 0.5) is 16.2 Å². The first-order valence-corrected chi connectivity index (χ1v) is 6.36. The molecule has 1 heterocycles. The Labute approximate surface area is 111 Å². The summed E-state index contributed by atoms with van der Waals surface area (Å²) in [6, 6.07) is 5.79. The minimum Gasteiger partial charge on any atom is -0.325 e. The van der Waals surface area contributed by atoms with E-state index in [9.17, 15) is 14.9 Å². The molecule has 102 valence electrons. The number of amides is 2. The topological polar surface area (TPSA) is 75.5 Å². The van der Waals surface area contributed by atoms with Gasteiger partial charge in [-0.25, -0.2) is 4.79 Å². The van der Waals surface area contributed by atoms with Crippen LogP contribution < -0.4 is 5.32 Å². The average molecular weight is 263 g/mol. The Morgan fingerprint density at radius 1 is 1.42 bits per heavy atom. The molecule has 2 amide bonds. The summed E-state index contributed by atoms with van der Waals surface area (Å²) >= 11 is 0. The van der Waals surface area contributed by atoms with Crippen molar-refractivity contribution in [1.82, 2.24) is 4.90 Å². The Bertz CT molecular complexity index is 482. The van der Waals surface area contributed by atoms with Gasteiger partial charge in [0.05, 0.1) is 4.92 Å². The molecule has 6 nitrogen and oxygen atoms in total. The number of nitro benzene ring substituents is 1. The van der Waals surface area contributed by atoms with Crippen LogP contribution in [-0.4, -0.2) is 28.9 Å². The van der Waals surface area contributed by atoms with Gasteiger partial charge >= 0.3 is 6.03 Å². The summed E-state index contributed by atoms with van der Waals surface area (Å²) in [5, 5.41) is 13.4. The molecule has 19 heavy (non-hydrogen) atoms. The van der Waals surface area contributed by atoms with Gasteiger partial charge in [0.25, 0.3) is 5.69 Å². The van der Waals surface area contributed by atoms with Crippen LogP contribution in [0.15, 0.2) is 24.3 Å². The monoisotopic (exact) mass is 263 g/mol. The smallest absolute Gasteiger partial charge is 0.321 e. The number of piperidine rings is 1. The number of anilines is 1. The Hall–Kier alpha value is -2.11. The summed E-state index contributed by atoms with van der Waals surface area (Å²) < 4.78 is 0. The van der Waals surface area contributed by atoms with Gasteiger partial charge in [0.2, 0.25) is 0 Å². The first kappa shape index (κ1) is 13.3. The van der Waals surface area contributed by atoms with Crippen molar-refractivity contribution in [2.24, 2.45) is 5.92 Å². The third-order valence-electron chi connectivity index (χ3n) is 3.38. The van der Waals surface area contributed by atoms with Crippen molar-refractivity contribution < 1.29 is 9.72 Å². The van der Waals surface area contributed by atoms with E-state index in [1.165, 1.54) is 12.1 Å². The molecule has 0 aliphatic carbocycles. The standard InChI is InChI=1S/C13H17N3O3/c1-10-5-7-15(8-6-10)13(17)14-11-3-2-4-12(9-11)16(18)19/h2-4,9-10H,5-8H2,1H3,(H,14,17). The van der Waals surface area contributed by atoms with E-state index in [-0.39, 0.29) is 11.7 Å². The van der Waals surface area contributed by atoms with Gasteiger partial charge in [-0.15, -0.1) is 0 Å². The third-order valence-corrected chi connectivity index (χ3v) is 3.38. The molecule has 1 aromatic rings. The zero-order chi connectivity index (χ0) is 13.8. The number of nitrogens with one attached hydrogen (secondary N) is 1. The SMILES string of the molecule is CC1CCN(C(=O)Nc2cccc([N+](=O)[O-])c2)CC1. The average Bonchev–Trinajstić information content (AvgIpc) is 2.39. The van der Waals surface area contributed by atoms with Crippen LogP contribution in [0.25, 0.3) is 0 Å². The van der Waals surface area contributed by atoms with Gasteiger partial charge in [-0.2, -0.15) is 0 Å². The maximum atomic E-state index is 12.0. The molecule has 0 unspecified atom stereocenters. The maximum Gasteiger partial charge on any atom is 0.321 e. The number of nitrogens with zero attached hydrogens (tertiary/aromatic N) is 2. The zero-order valence-corrected chi connectivity index (χ0v) is 10.8. The van der Waals surface area contributed by atoms with Crippen LogP contribution in [0.5, 0.6) is 0 Å². The van der Waals surface area contributed by atoms with E-state index in [0.29, 0.717) is 11.6 Å². The van der Waals surface area contributed by atoms with Crippen molar-refractivity contribution in [2.45, 2.75) is 19.8 Å². The summed E-state index contributed by atoms with van der Waals surface area (Å²) in [6.45, 7) is 3.65. The molecule has 0 bridgehead atoms. The summed E-state index contributed by atoms with van der Waals surface area (Å²) in [7, 11) is 0. The van der Waals surface area contributed by atoms with E-state index in [0.717, 1.165) is 25.9 Å². The second kappa shape index (κ2) is 5.69. The van der Waals surface area contributed by atoms with Crippen molar-refractivity contribution >= 4 is 17.4 Å². The molecule has 0 spiro atoms. The first-order valence-electron chi connectivity index (χ1n) is 6.36. The fourth-order valence-corrected chi connectivity index (χ4v) is 2.11. The number of carbonyl (C=O) groups excluding carboxylic acids is 1. The molecule has 1 saturated heterocycles. The highest BCUT2D eigenvalue weighted by Gasteiger charge is 2.20. The van der Waals surface area contributed by atoms with E-state index in [4.69, 9.17) is 0 Å². The third kappa shape index (κ3) is 3.43. The number of hydrogen-bond donors (Lipinski definition) is 1. The molecular formula is C13H17N3O3. The number of carbonyl (C=O) groups is 1. The fourth-order valence-electron chi connectivity index (χ4n) is 2.11. The lowest BCUT2D eigenvalue weighted by molar-refractivity contribution is -0.384. The molecule has 1 N–H and O–H groups in total. The first-order chi connectivity index (χ1) is 9.06. The lowest BCUT2D eigenvalue weighted by atomic mass is 10.00. The summed E-state index contributed by atoms with van der Waals surface area (Å²) in [4.78, 5) is 23.9. The van der Waals surface area contributed by atoms with Gasteiger partial charge in [0, 0.05) is 30.9 Å². The minimum atomic E-state index is -0.474. The highest BCUT2D eigenvalue weighted by molar-refractivity contribution is 5.89. The Kier molecular flexibility index (Phi) is 3.99. The molecule has 0 saturated carbocycles. The molecule has 0 aromatic heterocycles. The number of urea groups is 1. The molecule has 1 fully saturated rings. The van der Waals surface area contributed by atoms with Gasteiger partial charge in [-0.1, -0.05) is 13.0 Å². The van der Waals surface area contributed by atoms with Crippen molar-refractivity contribution in [3.8, 4) is 0 Å². The van der Waals surface area contributed by atoms with Crippen LogP contribution in [0, 0.1) is 16.0 Å². The summed E-state index contributed by atoms with van der Waals surface area (Å²) in [5.41, 5.74) is 0.433. The number of likely N-dealkylation sites (tertiary alicyclic amines) is 1. The molecule has 1 aromatic carbocycles. The van der Waals surface area contributed by atoms with Gasteiger partial charge in [-0.05, 0) is 24.8 Å². The number of hydrogen-bond acceptors (Lipinski definition) is 3. The van der Waals surface area contributed by atoms with Crippen molar-refractivity contribution in [3.63, 3.8) is 0 Å². The van der Waals surface area contributed by atoms with Crippen LogP contribution in [0.1, 0.15) is 19.8 Å². The summed E-state index contributed by atoms with van der Waals surface area (Å²) in [6.07, 6.45) is 2.00. The minimum absolute atomic E-state index is 0.0231. The van der Waals surface area contributed by atoms with E-state index in [1.54, 1.807) is 17.0 Å². The molecule has 1 aliphatic heterocycles. The molecule has 2 rings (SSSR count). The quantitative estimate of drug-likeness (QED) is 0.658. The second-order valence-electron chi connectivity index (χ2n) is 4.91. The van der Waals surface area contributed by atoms with Gasteiger partial charge in [0.1, 0.15) is 0 Å². The van der Waals surface area contributed by atoms with Crippen molar-refractivity contribution in [1.29, 1.82) is 0 Å². The predicted octanol–water partition coefficient (Wildman–Crippen LogP) is 2.86. The van der Waals surface area contributed by atoms with E-state index in [2.05, 4.69) is 12.2 Å². The maximum absolute atomic E-state index is 12.0. The van der Waals surface area contributed by atoms with Crippen molar-refractivity contribution in [3.05, 3.63) is 34.4 Å². The number of non-ortho nitro benzene ring substituents is 1. The second-order valence-corrected chi connectivity index (χ2v) is 4.91. The van der Waals surface area contributed by atoms with E-state index < -0.39 is 4.92 Å². The zero-order valence-electron chi connectivity index (χ0n) is 10.8. The number of nitro groups is 1. The highest BCUT2D eigenvalue weighted by Crippen LogP contribution is 2.19. The van der Waals surface area contributed by atoms with Gasteiger partial charge in [-0.3, -0.25) is 10.1 Å². The Balaban J connectivity index is 1.98. The fraction of sp³-hybridized carbons (Fsp3) is 0.462. The predicted molar refractivity (Wildman–Crippen MR) is 72.1 cm³/mol. The Morgan fingerprint density at radius 3 is 2.74 bits per heavy atom. The molecular weight excluding hydrogens is 246 g/mol. The Morgan fingerprint density at radius 2 is 2.11 bits per heavy atom. The van der Waals surface area contributed by atoms with Crippen molar-refractivity contribution in [2.75, 3.05) is 18.4 Å². The molecule has 6 heteroatoms. The molecule has 0 radical (unpaired) electrons. The van der Waals surface area contributed by atoms with E-state index in [1.807, 2.05) is 0 Å². The highest BCUT2D eigenvalue weighted by atomic mass is 16.6. The number of benzene rings is 1. The lowest BCUT2D eigenvalue weighted by Crippen LogP contribution is -2.40. The largest absolute Gasteiger partial charge is 0.325 e. The van der Waals surface area contributed by atoms with Gasteiger partial charge < -0.3 is 10.2 Å². The summed E-state index contributed by atoms with van der Waals surface area (Å²) in [5.74, 6) is 0.655. The van der Waals surface area contributed by atoms with Crippen LogP contribution in [-0.2, 0) is 0 Å². The van der Waals surface area contributed by atoms with Crippen LogP contribution >= 0.6 is 0 Å². The number of rotatable bonds is 2.